The van der Waals surface area contributed by atoms with E-state index in [1.807, 2.05) is 0 Å². The Labute approximate surface area is 82.9 Å². The van der Waals surface area contributed by atoms with E-state index in [1.54, 1.807) is 0 Å². The molecule has 1 aromatic rings. The molecule has 15 heavy (non-hydrogen) atoms. The molecule has 0 aromatic carbocycles. The summed E-state index contributed by atoms with van der Waals surface area (Å²) in [5.74, 6) is -1.34. The van der Waals surface area contributed by atoms with Crippen LogP contribution in [-0.4, -0.2) is 18.1 Å². The Balaban J connectivity index is 3.44. The number of carbonyl (C=O) groups is 1. The van der Waals surface area contributed by atoms with Gasteiger partial charge in [-0.25, -0.2) is 13.6 Å². The maximum absolute atomic E-state index is 12.3. The van der Waals surface area contributed by atoms with Gasteiger partial charge in [-0.1, -0.05) is 0 Å². The maximum Gasteiger partial charge on any atom is 0.345 e. The fourth-order valence-electron chi connectivity index (χ4n) is 1.03. The number of anilines is 1. The van der Waals surface area contributed by atoms with Crippen LogP contribution in [0.15, 0.2) is 11.0 Å². The fraction of sp³-hybridized carbons (Fsp3) is 0.250. The lowest BCUT2D eigenvalue weighted by molar-refractivity contribution is 0.0599. The highest BCUT2D eigenvalue weighted by Crippen LogP contribution is 2.16. The van der Waals surface area contributed by atoms with E-state index in [2.05, 4.69) is 9.72 Å². The number of hydrogen-bond donors (Lipinski definition) is 2. The summed E-state index contributed by atoms with van der Waals surface area (Å²) in [6.07, 6.45) is -2.20. The average Bonchev–Trinajstić information content (AvgIpc) is 2.16. The lowest BCUT2D eigenvalue weighted by Gasteiger charge is -2.05. The summed E-state index contributed by atoms with van der Waals surface area (Å²) in [6, 6.07) is 0. The van der Waals surface area contributed by atoms with Crippen molar-refractivity contribution in [2.24, 2.45) is 0 Å². The van der Waals surface area contributed by atoms with Crippen LogP contribution in [0, 0.1) is 0 Å². The zero-order valence-electron chi connectivity index (χ0n) is 7.71. The van der Waals surface area contributed by atoms with Crippen molar-refractivity contribution in [2.75, 3.05) is 12.8 Å². The maximum atomic E-state index is 12.3. The Bertz CT molecular complexity index is 442. The van der Waals surface area contributed by atoms with Crippen LogP contribution in [0.1, 0.15) is 22.3 Å². The molecule has 0 aliphatic rings. The number of nitrogen functional groups attached to an aromatic ring is 1. The molecule has 1 rings (SSSR count). The first-order valence-corrected chi connectivity index (χ1v) is 3.86. The number of esters is 1. The van der Waals surface area contributed by atoms with E-state index < -0.39 is 29.0 Å². The van der Waals surface area contributed by atoms with Crippen molar-refractivity contribution < 1.29 is 18.3 Å². The SMILES string of the molecule is COC(=O)c1c(N)[nH]cc(C(F)F)c1=O. The van der Waals surface area contributed by atoms with Crippen molar-refractivity contribution in [2.45, 2.75) is 6.43 Å². The minimum Gasteiger partial charge on any atom is -0.465 e. The van der Waals surface area contributed by atoms with Gasteiger partial charge in [0.25, 0.3) is 6.43 Å². The van der Waals surface area contributed by atoms with Crippen molar-refractivity contribution >= 4 is 11.8 Å². The number of pyridine rings is 1. The molecule has 0 radical (unpaired) electrons. The molecule has 1 aromatic heterocycles. The average molecular weight is 218 g/mol. The van der Waals surface area contributed by atoms with Gasteiger partial charge in [0.1, 0.15) is 11.4 Å². The zero-order chi connectivity index (χ0) is 11.6. The van der Waals surface area contributed by atoms with Crippen molar-refractivity contribution in [3.63, 3.8) is 0 Å². The van der Waals surface area contributed by atoms with Gasteiger partial charge in [-0.2, -0.15) is 0 Å². The monoisotopic (exact) mass is 218 g/mol. The third kappa shape index (κ3) is 1.95. The van der Waals surface area contributed by atoms with Gasteiger partial charge < -0.3 is 15.5 Å². The molecule has 82 valence electrons. The Kier molecular flexibility index (Phi) is 3.03. The molecule has 0 unspecified atom stereocenters. The van der Waals surface area contributed by atoms with Crippen molar-refractivity contribution in [1.29, 1.82) is 0 Å². The third-order valence-electron chi connectivity index (χ3n) is 1.77. The predicted molar refractivity (Wildman–Crippen MR) is 47.8 cm³/mol. The first-order valence-electron chi connectivity index (χ1n) is 3.86. The molecule has 0 atom stereocenters. The number of nitrogens with one attached hydrogen (secondary N) is 1. The number of nitrogens with two attached hydrogens (primary N) is 1. The second-order valence-electron chi connectivity index (χ2n) is 2.65. The summed E-state index contributed by atoms with van der Waals surface area (Å²) in [4.78, 5) is 24.6. The number of aromatic amines is 1. The van der Waals surface area contributed by atoms with Gasteiger partial charge in [0, 0.05) is 6.20 Å². The fourth-order valence-corrected chi connectivity index (χ4v) is 1.03. The minimum absolute atomic E-state index is 0.295. The van der Waals surface area contributed by atoms with Gasteiger partial charge in [0.15, 0.2) is 0 Å². The molecule has 0 amide bonds. The largest absolute Gasteiger partial charge is 0.465 e. The summed E-state index contributed by atoms with van der Waals surface area (Å²) >= 11 is 0. The number of carbonyl (C=O) groups excluding carboxylic acids is 1. The molecule has 7 heteroatoms. The van der Waals surface area contributed by atoms with Gasteiger partial charge >= 0.3 is 5.97 Å². The molecule has 0 saturated carbocycles. The van der Waals surface area contributed by atoms with Gasteiger partial charge in [-0.05, 0) is 0 Å². The van der Waals surface area contributed by atoms with Crippen molar-refractivity contribution in [3.8, 4) is 0 Å². The minimum atomic E-state index is -2.97. The van der Waals surface area contributed by atoms with Crippen LogP contribution in [0.4, 0.5) is 14.6 Å². The molecule has 3 N–H and O–H groups in total. The number of methoxy groups -OCH3 is 1. The number of alkyl halides is 2. The molecule has 0 saturated heterocycles. The van der Waals surface area contributed by atoms with Crippen LogP contribution in [0.2, 0.25) is 0 Å². The van der Waals surface area contributed by atoms with E-state index in [4.69, 9.17) is 5.73 Å². The van der Waals surface area contributed by atoms with E-state index >= 15 is 0 Å². The Morgan fingerprint density at radius 2 is 2.20 bits per heavy atom. The summed E-state index contributed by atoms with van der Waals surface area (Å²) in [7, 11) is 1.02. The lowest BCUT2D eigenvalue weighted by atomic mass is 10.2. The van der Waals surface area contributed by atoms with E-state index in [1.165, 1.54) is 0 Å². The molecule has 5 nitrogen and oxygen atoms in total. The second kappa shape index (κ2) is 4.07. The van der Waals surface area contributed by atoms with E-state index in [0.29, 0.717) is 0 Å². The summed E-state index contributed by atoms with van der Waals surface area (Å²) in [5.41, 5.74) is 2.73. The highest BCUT2D eigenvalue weighted by Gasteiger charge is 2.21. The molecule has 0 aliphatic carbocycles. The van der Waals surface area contributed by atoms with Crippen LogP contribution in [-0.2, 0) is 4.74 Å². The lowest BCUT2D eigenvalue weighted by Crippen LogP contribution is -2.23. The molecule has 0 spiro atoms. The summed E-state index contributed by atoms with van der Waals surface area (Å²) in [5, 5.41) is 0. The van der Waals surface area contributed by atoms with Crippen LogP contribution in [0.3, 0.4) is 0 Å². The van der Waals surface area contributed by atoms with Gasteiger partial charge in [0.05, 0.1) is 12.7 Å². The van der Waals surface area contributed by atoms with Gasteiger partial charge in [0.2, 0.25) is 5.43 Å². The standard InChI is InChI=1S/C8H8F2N2O3/c1-15-8(14)4-5(13)3(6(9)10)2-12-7(4)11/h2,6H,1H3,(H3,11,12,13). The number of ether oxygens (including phenoxy) is 1. The number of H-pyrrole nitrogens is 1. The molecule has 0 bridgehead atoms. The van der Waals surface area contributed by atoms with E-state index in [-0.39, 0.29) is 5.82 Å². The van der Waals surface area contributed by atoms with Crippen LogP contribution < -0.4 is 11.2 Å². The predicted octanol–water partition coefficient (Wildman–Crippen LogP) is 0.681. The number of rotatable bonds is 2. The summed E-state index contributed by atoms with van der Waals surface area (Å²) in [6.45, 7) is 0. The van der Waals surface area contributed by atoms with E-state index in [9.17, 15) is 18.4 Å². The van der Waals surface area contributed by atoms with Gasteiger partial charge in [-0.15, -0.1) is 0 Å². The van der Waals surface area contributed by atoms with Crippen LogP contribution in [0.5, 0.6) is 0 Å². The Hall–Kier alpha value is -1.92. The Morgan fingerprint density at radius 3 is 2.67 bits per heavy atom. The Morgan fingerprint density at radius 1 is 1.60 bits per heavy atom. The first-order chi connectivity index (χ1) is 6.99. The third-order valence-corrected chi connectivity index (χ3v) is 1.77. The van der Waals surface area contributed by atoms with Gasteiger partial charge in [-0.3, -0.25) is 4.79 Å². The topological polar surface area (TPSA) is 85.2 Å². The van der Waals surface area contributed by atoms with Crippen LogP contribution >= 0.6 is 0 Å². The van der Waals surface area contributed by atoms with E-state index in [0.717, 1.165) is 13.3 Å². The molecule has 1 heterocycles. The highest BCUT2D eigenvalue weighted by atomic mass is 19.3. The number of hydrogen-bond acceptors (Lipinski definition) is 4. The van der Waals surface area contributed by atoms with Crippen LogP contribution in [0.25, 0.3) is 0 Å². The quantitative estimate of drug-likeness (QED) is 0.715. The smallest absolute Gasteiger partial charge is 0.345 e. The molecule has 0 aliphatic heterocycles. The normalized spacial score (nSPS) is 10.4. The highest BCUT2D eigenvalue weighted by molar-refractivity contribution is 5.94. The summed E-state index contributed by atoms with van der Waals surface area (Å²) < 4.78 is 28.8. The van der Waals surface area contributed by atoms with Crippen molar-refractivity contribution in [3.05, 3.63) is 27.5 Å². The zero-order valence-corrected chi connectivity index (χ0v) is 7.71. The number of aromatic nitrogens is 1. The molecular formula is C8H8F2N2O3. The first kappa shape index (κ1) is 11.2. The molecule has 0 fully saturated rings. The second-order valence-corrected chi connectivity index (χ2v) is 2.65. The molecular weight excluding hydrogens is 210 g/mol. The van der Waals surface area contributed by atoms with Crippen molar-refractivity contribution in [1.82, 2.24) is 4.98 Å². The number of halogens is 2.